The van der Waals surface area contributed by atoms with Crippen LogP contribution in [-0.2, 0) is 0 Å². The summed E-state index contributed by atoms with van der Waals surface area (Å²) >= 11 is 0. The topological polar surface area (TPSA) is 73.5 Å². The Morgan fingerprint density at radius 3 is 2.86 bits per heavy atom. The lowest BCUT2D eigenvalue weighted by Gasteiger charge is -2.10. The summed E-state index contributed by atoms with van der Waals surface area (Å²) in [5, 5.41) is 7.38. The third-order valence-electron chi connectivity index (χ3n) is 4.60. The smallest absolute Gasteiger partial charge is 0.271 e. The number of carbonyl (C=O) groups excluding carboxylic acids is 1. The first kappa shape index (κ1) is 17.8. The van der Waals surface area contributed by atoms with Crippen LogP contribution < -0.4 is 10.1 Å². The molecule has 1 amide bonds. The van der Waals surface area contributed by atoms with Gasteiger partial charge in [0.15, 0.2) is 0 Å². The number of nitrogens with zero attached hydrogens (tertiary/aromatic N) is 4. The van der Waals surface area contributed by atoms with Crippen LogP contribution in [0.1, 0.15) is 34.6 Å². The second kappa shape index (κ2) is 7.19. The molecule has 0 radical (unpaired) electrons. The van der Waals surface area contributed by atoms with Gasteiger partial charge >= 0.3 is 0 Å². The van der Waals surface area contributed by atoms with Gasteiger partial charge in [-0.3, -0.25) is 4.79 Å². The predicted molar refractivity (Wildman–Crippen MR) is 106 cm³/mol. The molecule has 0 saturated carbocycles. The number of nitrogens with one attached hydrogen (secondary N) is 1. The van der Waals surface area contributed by atoms with Gasteiger partial charge in [-0.1, -0.05) is 12.1 Å². The number of aromatic nitrogens is 4. The average Bonchev–Trinajstić information content (AvgIpc) is 3.35. The van der Waals surface area contributed by atoms with Crippen LogP contribution in [-0.4, -0.2) is 32.2 Å². The molecule has 0 aliphatic heterocycles. The molecule has 0 saturated heterocycles. The summed E-state index contributed by atoms with van der Waals surface area (Å²) in [7, 11) is 1.63. The molecule has 142 valence electrons. The minimum absolute atomic E-state index is 0.210. The maximum atomic E-state index is 12.6. The van der Waals surface area contributed by atoms with Crippen LogP contribution in [0.4, 0.5) is 0 Å². The van der Waals surface area contributed by atoms with E-state index in [1.807, 2.05) is 67.0 Å². The molecule has 7 nitrogen and oxygen atoms in total. The van der Waals surface area contributed by atoms with Gasteiger partial charge in [0.1, 0.15) is 17.1 Å². The number of rotatable bonds is 5. The second-order valence-corrected chi connectivity index (χ2v) is 6.71. The fraction of sp³-hybridized carbons (Fsp3) is 0.190. The summed E-state index contributed by atoms with van der Waals surface area (Å²) in [6, 6.07) is 11.3. The fourth-order valence-corrected chi connectivity index (χ4v) is 3.02. The van der Waals surface area contributed by atoms with Gasteiger partial charge in [0, 0.05) is 30.2 Å². The highest BCUT2D eigenvalue weighted by molar-refractivity contribution is 5.93. The lowest BCUT2D eigenvalue weighted by Crippen LogP contribution is -2.26. The molecular formula is C21H21N5O2. The van der Waals surface area contributed by atoms with Gasteiger partial charge in [-0.05, 0) is 37.6 Å². The normalized spacial score (nSPS) is 12.1. The zero-order valence-electron chi connectivity index (χ0n) is 16.0. The summed E-state index contributed by atoms with van der Waals surface area (Å²) in [4.78, 5) is 17.0. The van der Waals surface area contributed by atoms with Crippen molar-refractivity contribution in [2.75, 3.05) is 7.11 Å². The van der Waals surface area contributed by atoms with E-state index in [0.717, 1.165) is 28.2 Å². The number of ether oxygens (including phenoxy) is 1. The predicted octanol–water partition coefficient (Wildman–Crippen LogP) is 3.33. The first-order valence-electron chi connectivity index (χ1n) is 8.99. The highest BCUT2D eigenvalue weighted by atomic mass is 16.5. The third-order valence-corrected chi connectivity index (χ3v) is 4.60. The van der Waals surface area contributed by atoms with Crippen LogP contribution in [0.15, 0.2) is 61.2 Å². The SMILES string of the molecule is COc1cccc(-n2cc(C(C)NC(=O)c3cn4cc(C)ccc4n3)cn2)c1. The molecule has 0 aliphatic rings. The summed E-state index contributed by atoms with van der Waals surface area (Å²) in [6.45, 7) is 3.92. The molecule has 0 aliphatic carbocycles. The van der Waals surface area contributed by atoms with Gasteiger partial charge in [0.05, 0.1) is 25.0 Å². The third kappa shape index (κ3) is 3.46. The number of carbonyl (C=O) groups is 1. The number of fused-ring (bicyclic) bond motifs is 1. The van der Waals surface area contributed by atoms with Gasteiger partial charge in [-0.2, -0.15) is 5.10 Å². The maximum Gasteiger partial charge on any atom is 0.271 e. The molecule has 1 unspecified atom stereocenters. The van der Waals surface area contributed by atoms with Crippen molar-refractivity contribution >= 4 is 11.6 Å². The Morgan fingerprint density at radius 1 is 1.18 bits per heavy atom. The highest BCUT2D eigenvalue weighted by Crippen LogP contribution is 2.19. The first-order valence-corrected chi connectivity index (χ1v) is 8.99. The Kier molecular flexibility index (Phi) is 4.57. The minimum Gasteiger partial charge on any atom is -0.497 e. The van der Waals surface area contributed by atoms with E-state index < -0.39 is 0 Å². The van der Waals surface area contributed by atoms with Crippen LogP contribution in [0.2, 0.25) is 0 Å². The zero-order valence-corrected chi connectivity index (χ0v) is 16.0. The Balaban J connectivity index is 1.50. The molecule has 4 aromatic rings. The van der Waals surface area contributed by atoms with E-state index in [1.54, 1.807) is 24.2 Å². The molecule has 3 heterocycles. The zero-order chi connectivity index (χ0) is 19.7. The molecule has 1 aromatic carbocycles. The van der Waals surface area contributed by atoms with E-state index in [2.05, 4.69) is 15.4 Å². The van der Waals surface area contributed by atoms with Gasteiger partial charge in [-0.15, -0.1) is 0 Å². The van der Waals surface area contributed by atoms with E-state index >= 15 is 0 Å². The van der Waals surface area contributed by atoms with E-state index in [-0.39, 0.29) is 11.9 Å². The Bertz CT molecular complexity index is 1140. The summed E-state index contributed by atoms with van der Waals surface area (Å²) < 4.78 is 8.87. The molecular weight excluding hydrogens is 354 g/mol. The molecule has 0 spiro atoms. The van der Waals surface area contributed by atoms with Crippen LogP contribution in [0.3, 0.4) is 0 Å². The van der Waals surface area contributed by atoms with Crippen LogP contribution in [0.5, 0.6) is 5.75 Å². The summed E-state index contributed by atoms with van der Waals surface area (Å²) in [5.74, 6) is 0.543. The van der Waals surface area contributed by atoms with E-state index in [4.69, 9.17) is 4.74 Å². The van der Waals surface area contributed by atoms with Crippen molar-refractivity contribution in [3.8, 4) is 11.4 Å². The highest BCUT2D eigenvalue weighted by Gasteiger charge is 2.16. The first-order chi connectivity index (χ1) is 13.5. The monoisotopic (exact) mass is 375 g/mol. The molecule has 3 aromatic heterocycles. The number of imidazole rings is 1. The van der Waals surface area contributed by atoms with E-state index in [9.17, 15) is 4.79 Å². The Morgan fingerprint density at radius 2 is 2.04 bits per heavy atom. The molecule has 28 heavy (non-hydrogen) atoms. The maximum absolute atomic E-state index is 12.6. The minimum atomic E-state index is -0.219. The van der Waals surface area contributed by atoms with Crippen molar-refractivity contribution < 1.29 is 9.53 Å². The number of amides is 1. The quantitative estimate of drug-likeness (QED) is 0.581. The van der Waals surface area contributed by atoms with Gasteiger partial charge in [0.2, 0.25) is 0 Å². The molecule has 0 bridgehead atoms. The lowest BCUT2D eigenvalue weighted by molar-refractivity contribution is 0.0935. The molecule has 1 atom stereocenters. The number of benzene rings is 1. The van der Waals surface area contributed by atoms with Gasteiger partial charge in [0.25, 0.3) is 5.91 Å². The van der Waals surface area contributed by atoms with Crippen LogP contribution in [0, 0.1) is 6.92 Å². The summed E-state index contributed by atoms with van der Waals surface area (Å²) in [5.41, 5.74) is 4.03. The largest absolute Gasteiger partial charge is 0.497 e. The summed E-state index contributed by atoms with van der Waals surface area (Å²) in [6.07, 6.45) is 7.33. The number of methoxy groups -OCH3 is 1. The molecule has 7 heteroatoms. The standard InChI is InChI=1S/C21H21N5O2/c1-14-7-8-20-24-19(13-25(20)11-14)21(27)23-15(2)16-10-22-26(12-16)17-5-4-6-18(9-17)28-3/h4-13,15H,1-3H3,(H,23,27). The van der Waals surface area contributed by atoms with Gasteiger partial charge in [-0.25, -0.2) is 9.67 Å². The number of hydrogen-bond donors (Lipinski definition) is 1. The Labute approximate surface area is 162 Å². The van der Waals surface area contributed by atoms with Crippen molar-refractivity contribution in [2.45, 2.75) is 19.9 Å². The van der Waals surface area contributed by atoms with Crippen molar-refractivity contribution in [2.24, 2.45) is 0 Å². The van der Waals surface area contributed by atoms with Crippen molar-refractivity contribution in [3.05, 3.63) is 78.0 Å². The van der Waals surface area contributed by atoms with E-state index in [0.29, 0.717) is 5.69 Å². The van der Waals surface area contributed by atoms with Crippen LogP contribution in [0.25, 0.3) is 11.3 Å². The second-order valence-electron chi connectivity index (χ2n) is 6.71. The van der Waals surface area contributed by atoms with E-state index in [1.165, 1.54) is 0 Å². The number of pyridine rings is 1. The average molecular weight is 375 g/mol. The Hall–Kier alpha value is -3.61. The number of aryl methyl sites for hydroxylation is 1. The molecule has 4 rings (SSSR count). The van der Waals surface area contributed by atoms with Gasteiger partial charge < -0.3 is 14.5 Å². The number of hydrogen-bond acceptors (Lipinski definition) is 4. The fourth-order valence-electron chi connectivity index (χ4n) is 3.02. The lowest BCUT2D eigenvalue weighted by atomic mass is 10.2. The van der Waals surface area contributed by atoms with Crippen molar-refractivity contribution in [1.82, 2.24) is 24.5 Å². The van der Waals surface area contributed by atoms with Crippen molar-refractivity contribution in [3.63, 3.8) is 0 Å². The van der Waals surface area contributed by atoms with Crippen LogP contribution >= 0.6 is 0 Å². The van der Waals surface area contributed by atoms with Crippen molar-refractivity contribution in [1.29, 1.82) is 0 Å². The molecule has 0 fully saturated rings. The molecule has 1 N–H and O–H groups in total.